The predicted molar refractivity (Wildman–Crippen MR) is 118 cm³/mol. The summed E-state index contributed by atoms with van der Waals surface area (Å²) in [5.41, 5.74) is 3.58. The third-order valence-corrected chi connectivity index (χ3v) is 5.49. The maximum absolute atomic E-state index is 12.3. The second-order valence-electron chi connectivity index (χ2n) is 6.84. The Hall–Kier alpha value is -3.26. The number of thioether (sulfide) groups is 1. The van der Waals surface area contributed by atoms with Crippen molar-refractivity contribution in [3.63, 3.8) is 0 Å². The highest BCUT2D eigenvalue weighted by Crippen LogP contribution is 2.20. The number of pyridine rings is 1. The van der Waals surface area contributed by atoms with Crippen LogP contribution < -0.4 is 5.32 Å². The molecular formula is C22H22N6OS. The number of aromatic nitrogens is 5. The van der Waals surface area contributed by atoms with E-state index in [1.807, 2.05) is 36.4 Å². The van der Waals surface area contributed by atoms with Gasteiger partial charge in [0.1, 0.15) is 5.03 Å². The summed E-state index contributed by atoms with van der Waals surface area (Å²) in [6.45, 7) is 2.18. The fourth-order valence-corrected chi connectivity index (χ4v) is 3.65. The first kappa shape index (κ1) is 20.0. The molecule has 0 spiro atoms. The molecule has 0 fully saturated rings. The summed E-state index contributed by atoms with van der Waals surface area (Å²) in [5.74, 6) is 0.813. The number of hydrogen-bond donors (Lipinski definition) is 1. The molecule has 3 heterocycles. The third kappa shape index (κ3) is 4.83. The van der Waals surface area contributed by atoms with E-state index >= 15 is 0 Å². The summed E-state index contributed by atoms with van der Waals surface area (Å²) in [4.78, 5) is 16.5. The Morgan fingerprint density at radius 3 is 2.73 bits per heavy atom. The fourth-order valence-electron chi connectivity index (χ4n) is 3.00. The molecule has 1 amide bonds. The van der Waals surface area contributed by atoms with Gasteiger partial charge in [0.25, 0.3) is 0 Å². The molecule has 0 bridgehead atoms. The molecule has 8 heteroatoms. The molecule has 7 nitrogen and oxygen atoms in total. The van der Waals surface area contributed by atoms with Crippen LogP contribution in [-0.2, 0) is 11.2 Å². The van der Waals surface area contributed by atoms with Crippen molar-refractivity contribution in [2.75, 3.05) is 11.1 Å². The third-order valence-electron chi connectivity index (χ3n) is 4.57. The van der Waals surface area contributed by atoms with Gasteiger partial charge in [-0.25, -0.2) is 0 Å². The molecule has 0 saturated carbocycles. The van der Waals surface area contributed by atoms with E-state index in [1.165, 1.54) is 30.2 Å². The van der Waals surface area contributed by atoms with Gasteiger partial charge < -0.3 is 5.32 Å². The molecule has 3 aromatic heterocycles. The van der Waals surface area contributed by atoms with Crippen molar-refractivity contribution >= 4 is 29.0 Å². The fraction of sp³-hybridized carbons (Fsp3) is 0.227. The molecule has 0 atom stereocenters. The second-order valence-corrected chi connectivity index (χ2v) is 7.84. The van der Waals surface area contributed by atoms with Crippen LogP contribution in [0.1, 0.15) is 25.3 Å². The van der Waals surface area contributed by atoms with Crippen LogP contribution >= 0.6 is 11.8 Å². The Labute approximate surface area is 179 Å². The van der Waals surface area contributed by atoms with Crippen LogP contribution in [0.25, 0.3) is 17.0 Å². The van der Waals surface area contributed by atoms with Crippen LogP contribution in [0.2, 0.25) is 0 Å². The van der Waals surface area contributed by atoms with Crippen LogP contribution in [0.3, 0.4) is 0 Å². The summed E-state index contributed by atoms with van der Waals surface area (Å²) >= 11 is 1.37. The average Bonchev–Trinajstić information content (AvgIpc) is 3.21. The number of anilines is 1. The molecule has 0 saturated heterocycles. The van der Waals surface area contributed by atoms with Gasteiger partial charge in [-0.2, -0.15) is 9.61 Å². The zero-order valence-electron chi connectivity index (χ0n) is 16.7. The van der Waals surface area contributed by atoms with Gasteiger partial charge in [-0.3, -0.25) is 9.78 Å². The average molecular weight is 419 g/mol. The number of nitrogens with one attached hydrogen (secondary N) is 1. The lowest BCUT2D eigenvalue weighted by atomic mass is 10.1. The van der Waals surface area contributed by atoms with E-state index in [1.54, 1.807) is 16.9 Å². The van der Waals surface area contributed by atoms with Gasteiger partial charge in [0.2, 0.25) is 5.91 Å². The van der Waals surface area contributed by atoms with Crippen LogP contribution in [0.5, 0.6) is 0 Å². The molecular weight excluding hydrogens is 396 g/mol. The van der Waals surface area contributed by atoms with Crippen molar-refractivity contribution in [1.82, 2.24) is 24.8 Å². The van der Waals surface area contributed by atoms with E-state index in [0.717, 1.165) is 22.7 Å². The first-order chi connectivity index (χ1) is 14.7. The minimum absolute atomic E-state index is 0.0700. The van der Waals surface area contributed by atoms with Crippen LogP contribution in [0.4, 0.5) is 5.69 Å². The quantitative estimate of drug-likeness (QED) is 0.430. The molecule has 30 heavy (non-hydrogen) atoms. The number of unbranched alkanes of at least 4 members (excludes halogenated alkanes) is 1. The number of hydrogen-bond acceptors (Lipinski definition) is 6. The molecule has 0 aliphatic heterocycles. The number of nitrogens with zero attached hydrogens (tertiary/aromatic N) is 5. The van der Waals surface area contributed by atoms with Crippen molar-refractivity contribution in [2.24, 2.45) is 0 Å². The lowest BCUT2D eigenvalue weighted by Gasteiger charge is -2.07. The zero-order chi connectivity index (χ0) is 20.8. The summed E-state index contributed by atoms with van der Waals surface area (Å²) in [7, 11) is 0. The maximum atomic E-state index is 12.3. The minimum Gasteiger partial charge on any atom is -0.325 e. The Kier molecular flexibility index (Phi) is 6.34. The standard InChI is InChI=1S/C22H22N6OS/c1-2-3-5-16-7-9-18(10-8-16)24-20(29)15-30-21-12-11-19-25-26-22(28(19)27-21)17-6-4-13-23-14-17/h4,6-14H,2-3,5,15H2,1H3,(H,24,29). The molecule has 1 aromatic carbocycles. The van der Waals surface area contributed by atoms with Crippen LogP contribution in [-0.4, -0.2) is 36.5 Å². The molecule has 4 rings (SSSR count). The Bertz CT molecular complexity index is 1130. The van der Waals surface area contributed by atoms with E-state index < -0.39 is 0 Å². The van der Waals surface area contributed by atoms with Crippen molar-refractivity contribution in [2.45, 2.75) is 31.2 Å². The van der Waals surface area contributed by atoms with Crippen LogP contribution in [0, 0.1) is 0 Å². The molecule has 0 aliphatic rings. The topological polar surface area (TPSA) is 85.1 Å². The van der Waals surface area contributed by atoms with Crippen molar-refractivity contribution < 1.29 is 4.79 Å². The van der Waals surface area contributed by atoms with Gasteiger partial charge in [0.15, 0.2) is 11.5 Å². The van der Waals surface area contributed by atoms with Gasteiger partial charge in [-0.15, -0.1) is 10.2 Å². The number of carbonyl (C=O) groups is 1. The lowest BCUT2D eigenvalue weighted by Crippen LogP contribution is -2.14. The molecule has 152 valence electrons. The van der Waals surface area contributed by atoms with E-state index in [9.17, 15) is 4.79 Å². The molecule has 0 aliphatic carbocycles. The van der Waals surface area contributed by atoms with Gasteiger partial charge >= 0.3 is 0 Å². The number of carbonyl (C=O) groups excluding carboxylic acids is 1. The summed E-state index contributed by atoms with van der Waals surface area (Å²) in [6, 6.07) is 15.5. The Morgan fingerprint density at radius 2 is 1.97 bits per heavy atom. The zero-order valence-corrected chi connectivity index (χ0v) is 17.5. The minimum atomic E-state index is -0.0700. The number of benzene rings is 1. The van der Waals surface area contributed by atoms with E-state index in [0.29, 0.717) is 11.5 Å². The number of fused-ring (bicyclic) bond motifs is 1. The first-order valence-corrected chi connectivity index (χ1v) is 10.9. The molecule has 0 unspecified atom stereocenters. The number of aryl methyl sites for hydroxylation is 1. The SMILES string of the molecule is CCCCc1ccc(NC(=O)CSc2ccc3nnc(-c4cccnc4)n3n2)cc1. The Balaban J connectivity index is 1.39. The van der Waals surface area contributed by atoms with Gasteiger partial charge in [-0.1, -0.05) is 37.2 Å². The highest BCUT2D eigenvalue weighted by molar-refractivity contribution is 7.99. The van der Waals surface area contributed by atoms with Crippen LogP contribution in [0.15, 0.2) is 66.0 Å². The molecule has 0 radical (unpaired) electrons. The van der Waals surface area contributed by atoms with Crippen molar-refractivity contribution in [3.05, 3.63) is 66.5 Å². The molecule has 1 N–H and O–H groups in total. The summed E-state index contributed by atoms with van der Waals surface area (Å²) in [5, 5.41) is 16.6. The Morgan fingerprint density at radius 1 is 1.10 bits per heavy atom. The monoisotopic (exact) mass is 418 g/mol. The normalized spacial score (nSPS) is 11.0. The summed E-state index contributed by atoms with van der Waals surface area (Å²) in [6.07, 6.45) is 6.85. The maximum Gasteiger partial charge on any atom is 0.234 e. The van der Waals surface area contributed by atoms with E-state index in [-0.39, 0.29) is 11.7 Å². The highest BCUT2D eigenvalue weighted by Gasteiger charge is 2.11. The van der Waals surface area contributed by atoms with Gasteiger partial charge in [0, 0.05) is 23.6 Å². The first-order valence-electron chi connectivity index (χ1n) is 9.87. The van der Waals surface area contributed by atoms with E-state index in [2.05, 4.69) is 44.7 Å². The lowest BCUT2D eigenvalue weighted by molar-refractivity contribution is -0.113. The van der Waals surface area contributed by atoms with Crippen molar-refractivity contribution in [1.29, 1.82) is 0 Å². The largest absolute Gasteiger partial charge is 0.325 e. The predicted octanol–water partition coefficient (Wildman–Crippen LogP) is 4.26. The van der Waals surface area contributed by atoms with Gasteiger partial charge in [0.05, 0.1) is 5.75 Å². The summed E-state index contributed by atoms with van der Waals surface area (Å²) < 4.78 is 1.67. The number of rotatable bonds is 8. The smallest absolute Gasteiger partial charge is 0.234 e. The van der Waals surface area contributed by atoms with E-state index in [4.69, 9.17) is 0 Å². The van der Waals surface area contributed by atoms with Gasteiger partial charge in [-0.05, 0) is 54.8 Å². The second kappa shape index (κ2) is 9.49. The number of amides is 1. The highest BCUT2D eigenvalue weighted by atomic mass is 32.2. The van der Waals surface area contributed by atoms with Crippen molar-refractivity contribution in [3.8, 4) is 11.4 Å². The molecule has 4 aromatic rings.